The number of amides is 1. The summed E-state index contributed by atoms with van der Waals surface area (Å²) in [5, 5.41) is 7.94. The fraction of sp³-hybridized carbons (Fsp3) is 0.278. The fourth-order valence-corrected chi connectivity index (χ4v) is 2.80. The first-order valence-electron chi connectivity index (χ1n) is 7.84. The summed E-state index contributed by atoms with van der Waals surface area (Å²) in [7, 11) is -3.67. The van der Waals surface area contributed by atoms with Gasteiger partial charge in [-0.2, -0.15) is 0 Å². The third kappa shape index (κ3) is 5.47. The zero-order valence-electron chi connectivity index (χ0n) is 13.7. The van der Waals surface area contributed by atoms with Crippen molar-refractivity contribution in [2.24, 2.45) is 5.14 Å². The second kappa shape index (κ2) is 8.08. The van der Waals surface area contributed by atoms with Crippen LogP contribution in [-0.4, -0.2) is 14.3 Å². The van der Waals surface area contributed by atoms with E-state index in [2.05, 4.69) is 24.4 Å². The standard InChI is InChI=1S/C18H22N2O3S/c1-2-14-3-5-16(6-4-14)13-20-18(21)12-9-15-7-10-17(11-8-15)24(19,22)23/h3-8,10-11H,2,9,12-13H2,1H3,(H,20,21)(H2,19,22,23). The van der Waals surface area contributed by atoms with Crippen LogP contribution in [0.25, 0.3) is 0 Å². The Bertz CT molecular complexity index is 782. The highest BCUT2D eigenvalue weighted by Crippen LogP contribution is 2.10. The van der Waals surface area contributed by atoms with Gasteiger partial charge in [0, 0.05) is 13.0 Å². The molecule has 24 heavy (non-hydrogen) atoms. The summed E-state index contributed by atoms with van der Waals surface area (Å²) in [6, 6.07) is 14.4. The zero-order chi connectivity index (χ0) is 17.6. The molecular weight excluding hydrogens is 324 g/mol. The van der Waals surface area contributed by atoms with Crippen molar-refractivity contribution in [3.63, 3.8) is 0 Å². The Morgan fingerprint density at radius 3 is 2.04 bits per heavy atom. The van der Waals surface area contributed by atoms with Gasteiger partial charge in [0.2, 0.25) is 15.9 Å². The molecule has 0 saturated heterocycles. The van der Waals surface area contributed by atoms with Gasteiger partial charge in [-0.05, 0) is 41.7 Å². The van der Waals surface area contributed by atoms with E-state index in [4.69, 9.17) is 5.14 Å². The lowest BCUT2D eigenvalue weighted by Crippen LogP contribution is -2.23. The molecule has 0 unspecified atom stereocenters. The van der Waals surface area contributed by atoms with Crippen molar-refractivity contribution in [1.29, 1.82) is 0 Å². The number of carbonyl (C=O) groups excluding carboxylic acids is 1. The lowest BCUT2D eigenvalue weighted by molar-refractivity contribution is -0.121. The number of carbonyl (C=O) groups is 1. The van der Waals surface area contributed by atoms with Gasteiger partial charge in [-0.25, -0.2) is 13.6 Å². The minimum Gasteiger partial charge on any atom is -0.352 e. The quantitative estimate of drug-likeness (QED) is 0.805. The number of sulfonamides is 1. The number of primary sulfonamides is 1. The van der Waals surface area contributed by atoms with Crippen LogP contribution in [0.2, 0.25) is 0 Å². The van der Waals surface area contributed by atoms with E-state index in [0.29, 0.717) is 19.4 Å². The molecule has 0 aromatic heterocycles. The van der Waals surface area contributed by atoms with Crippen molar-refractivity contribution >= 4 is 15.9 Å². The molecule has 0 radical (unpaired) electrons. The second-order valence-electron chi connectivity index (χ2n) is 5.64. The van der Waals surface area contributed by atoms with Crippen molar-refractivity contribution in [2.75, 3.05) is 0 Å². The Morgan fingerprint density at radius 2 is 1.50 bits per heavy atom. The molecule has 0 spiro atoms. The normalized spacial score (nSPS) is 11.2. The lowest BCUT2D eigenvalue weighted by atomic mass is 10.1. The van der Waals surface area contributed by atoms with E-state index in [1.165, 1.54) is 17.7 Å². The van der Waals surface area contributed by atoms with Crippen molar-refractivity contribution in [1.82, 2.24) is 5.32 Å². The van der Waals surface area contributed by atoms with E-state index in [0.717, 1.165) is 17.5 Å². The van der Waals surface area contributed by atoms with E-state index in [1.54, 1.807) is 12.1 Å². The SMILES string of the molecule is CCc1ccc(CNC(=O)CCc2ccc(S(N)(=O)=O)cc2)cc1. The molecule has 3 N–H and O–H groups in total. The van der Waals surface area contributed by atoms with E-state index in [-0.39, 0.29) is 10.8 Å². The van der Waals surface area contributed by atoms with Crippen molar-refractivity contribution < 1.29 is 13.2 Å². The fourth-order valence-electron chi connectivity index (χ4n) is 2.29. The average molecular weight is 346 g/mol. The first-order valence-corrected chi connectivity index (χ1v) is 9.39. The highest BCUT2D eigenvalue weighted by atomic mass is 32.2. The number of rotatable bonds is 7. The zero-order valence-corrected chi connectivity index (χ0v) is 14.5. The summed E-state index contributed by atoms with van der Waals surface area (Å²) in [5.74, 6) is -0.0370. The Morgan fingerprint density at radius 1 is 0.958 bits per heavy atom. The van der Waals surface area contributed by atoms with Gasteiger partial charge in [0.15, 0.2) is 0 Å². The third-order valence-corrected chi connectivity index (χ3v) is 4.74. The van der Waals surface area contributed by atoms with Gasteiger partial charge in [0.25, 0.3) is 0 Å². The van der Waals surface area contributed by atoms with Gasteiger partial charge in [-0.3, -0.25) is 4.79 Å². The largest absolute Gasteiger partial charge is 0.352 e. The van der Waals surface area contributed by atoms with Crippen LogP contribution in [0, 0.1) is 0 Å². The lowest BCUT2D eigenvalue weighted by Gasteiger charge is -2.07. The molecule has 0 bridgehead atoms. The molecule has 128 valence electrons. The first kappa shape index (κ1) is 18.2. The Labute approximate surface area is 142 Å². The van der Waals surface area contributed by atoms with Crippen LogP contribution >= 0.6 is 0 Å². The molecular formula is C18H22N2O3S. The summed E-state index contributed by atoms with van der Waals surface area (Å²) in [6.07, 6.45) is 1.89. The number of hydrogen-bond acceptors (Lipinski definition) is 3. The molecule has 6 heteroatoms. The van der Waals surface area contributed by atoms with Crippen LogP contribution in [0.1, 0.15) is 30.0 Å². The average Bonchev–Trinajstić information content (AvgIpc) is 2.58. The van der Waals surface area contributed by atoms with Gasteiger partial charge in [-0.1, -0.05) is 43.3 Å². The molecule has 0 aliphatic heterocycles. The Hall–Kier alpha value is -2.18. The molecule has 0 heterocycles. The Kier molecular flexibility index (Phi) is 6.11. The van der Waals surface area contributed by atoms with Gasteiger partial charge in [0.1, 0.15) is 0 Å². The molecule has 0 fully saturated rings. The molecule has 0 aliphatic carbocycles. The predicted molar refractivity (Wildman–Crippen MR) is 93.8 cm³/mol. The van der Waals surface area contributed by atoms with E-state index < -0.39 is 10.0 Å². The summed E-state index contributed by atoms with van der Waals surface area (Å²) >= 11 is 0. The molecule has 1 amide bonds. The first-order chi connectivity index (χ1) is 11.4. The van der Waals surface area contributed by atoms with Crippen molar-refractivity contribution in [3.8, 4) is 0 Å². The monoisotopic (exact) mass is 346 g/mol. The number of nitrogens with two attached hydrogens (primary N) is 1. The maximum Gasteiger partial charge on any atom is 0.238 e. The van der Waals surface area contributed by atoms with E-state index in [9.17, 15) is 13.2 Å². The van der Waals surface area contributed by atoms with E-state index in [1.807, 2.05) is 12.1 Å². The van der Waals surface area contributed by atoms with Crippen LogP contribution in [0.15, 0.2) is 53.4 Å². The molecule has 2 aromatic carbocycles. The van der Waals surface area contributed by atoms with E-state index >= 15 is 0 Å². The summed E-state index contributed by atoms with van der Waals surface area (Å²) in [4.78, 5) is 12.0. The summed E-state index contributed by atoms with van der Waals surface area (Å²) < 4.78 is 22.4. The number of benzene rings is 2. The molecule has 2 rings (SSSR count). The predicted octanol–water partition coefficient (Wildman–Crippen LogP) is 2.15. The summed E-state index contributed by atoms with van der Waals surface area (Å²) in [6.45, 7) is 2.61. The molecule has 0 atom stereocenters. The molecule has 5 nitrogen and oxygen atoms in total. The van der Waals surface area contributed by atoms with Gasteiger partial charge >= 0.3 is 0 Å². The minimum atomic E-state index is -3.67. The minimum absolute atomic E-state index is 0.0370. The van der Waals surface area contributed by atoms with Crippen molar-refractivity contribution in [3.05, 3.63) is 65.2 Å². The second-order valence-corrected chi connectivity index (χ2v) is 7.20. The van der Waals surface area contributed by atoms with Gasteiger partial charge in [-0.15, -0.1) is 0 Å². The third-order valence-electron chi connectivity index (χ3n) is 3.81. The number of aryl methyl sites for hydroxylation is 2. The van der Waals surface area contributed by atoms with Crippen molar-refractivity contribution in [2.45, 2.75) is 37.6 Å². The van der Waals surface area contributed by atoms with Gasteiger partial charge < -0.3 is 5.32 Å². The Balaban J connectivity index is 1.80. The molecule has 2 aromatic rings. The molecule has 0 saturated carbocycles. The number of hydrogen-bond donors (Lipinski definition) is 2. The van der Waals surface area contributed by atoms with Gasteiger partial charge in [0.05, 0.1) is 4.90 Å². The number of nitrogens with one attached hydrogen (secondary N) is 1. The molecule has 0 aliphatic rings. The topological polar surface area (TPSA) is 89.3 Å². The maximum atomic E-state index is 11.9. The van der Waals surface area contributed by atoms with Crippen LogP contribution in [0.3, 0.4) is 0 Å². The van der Waals surface area contributed by atoms with Crippen LogP contribution in [0.4, 0.5) is 0 Å². The highest BCUT2D eigenvalue weighted by Gasteiger charge is 2.07. The smallest absolute Gasteiger partial charge is 0.238 e. The van der Waals surface area contributed by atoms with Crippen LogP contribution in [0.5, 0.6) is 0 Å². The van der Waals surface area contributed by atoms with Crippen LogP contribution in [-0.2, 0) is 34.2 Å². The summed E-state index contributed by atoms with van der Waals surface area (Å²) in [5.41, 5.74) is 3.23. The van der Waals surface area contributed by atoms with Crippen LogP contribution < -0.4 is 10.5 Å². The maximum absolute atomic E-state index is 11.9. The highest BCUT2D eigenvalue weighted by molar-refractivity contribution is 7.89.